The van der Waals surface area contributed by atoms with Gasteiger partial charge in [0.15, 0.2) is 5.16 Å². The van der Waals surface area contributed by atoms with E-state index in [0.717, 1.165) is 5.56 Å². The standard InChI is InChI=1S/C21H14F2N2OS/c22-15-7-5-14(6-8-15)13-27-21-24-19-4-2-1-3-18(19)20(26)25(21)17-11-9-16(23)10-12-17/h1-12H,13H2. The van der Waals surface area contributed by atoms with Gasteiger partial charge >= 0.3 is 0 Å². The molecule has 0 saturated carbocycles. The van der Waals surface area contributed by atoms with Gasteiger partial charge in [-0.05, 0) is 54.1 Å². The molecule has 4 aromatic rings. The fraction of sp³-hybridized carbons (Fsp3) is 0.0476. The Morgan fingerprint density at radius 1 is 0.852 bits per heavy atom. The average Bonchev–Trinajstić information content (AvgIpc) is 2.69. The number of aromatic nitrogens is 2. The molecule has 0 aliphatic heterocycles. The van der Waals surface area contributed by atoms with Gasteiger partial charge in [-0.3, -0.25) is 9.36 Å². The van der Waals surface area contributed by atoms with E-state index >= 15 is 0 Å². The Kier molecular flexibility index (Phi) is 4.73. The summed E-state index contributed by atoms with van der Waals surface area (Å²) in [5.41, 5.74) is 1.84. The number of rotatable bonds is 4. The van der Waals surface area contributed by atoms with Gasteiger partial charge in [0, 0.05) is 5.75 Å². The molecule has 0 N–H and O–H groups in total. The van der Waals surface area contributed by atoms with Gasteiger partial charge in [-0.2, -0.15) is 0 Å². The van der Waals surface area contributed by atoms with Gasteiger partial charge in [-0.25, -0.2) is 13.8 Å². The molecule has 6 heteroatoms. The third kappa shape index (κ3) is 3.61. The Bertz CT molecular complexity index is 1160. The Morgan fingerprint density at radius 2 is 1.48 bits per heavy atom. The van der Waals surface area contributed by atoms with Crippen LogP contribution in [0.1, 0.15) is 5.56 Å². The highest BCUT2D eigenvalue weighted by Gasteiger charge is 2.13. The lowest BCUT2D eigenvalue weighted by atomic mass is 10.2. The van der Waals surface area contributed by atoms with Crippen LogP contribution in [0.25, 0.3) is 16.6 Å². The van der Waals surface area contributed by atoms with E-state index < -0.39 is 0 Å². The molecule has 0 bridgehead atoms. The van der Waals surface area contributed by atoms with Gasteiger partial charge in [-0.15, -0.1) is 0 Å². The zero-order valence-electron chi connectivity index (χ0n) is 14.1. The van der Waals surface area contributed by atoms with Crippen molar-refractivity contribution in [3.63, 3.8) is 0 Å². The first-order chi connectivity index (χ1) is 13.1. The van der Waals surface area contributed by atoms with Crippen molar-refractivity contribution in [2.45, 2.75) is 10.9 Å². The molecule has 0 saturated heterocycles. The molecule has 0 amide bonds. The second kappa shape index (κ2) is 7.32. The van der Waals surface area contributed by atoms with Gasteiger partial charge in [0.05, 0.1) is 16.6 Å². The first-order valence-corrected chi connectivity index (χ1v) is 9.25. The fourth-order valence-electron chi connectivity index (χ4n) is 2.76. The Hall–Kier alpha value is -2.99. The number of hydrogen-bond acceptors (Lipinski definition) is 3. The van der Waals surface area contributed by atoms with Gasteiger partial charge in [-0.1, -0.05) is 36.0 Å². The van der Waals surface area contributed by atoms with E-state index in [4.69, 9.17) is 0 Å². The molecule has 0 atom stereocenters. The van der Waals surface area contributed by atoms with Crippen LogP contribution in [-0.2, 0) is 5.75 Å². The molecule has 134 valence electrons. The monoisotopic (exact) mass is 380 g/mol. The molecule has 0 radical (unpaired) electrons. The van der Waals surface area contributed by atoms with Crippen molar-refractivity contribution < 1.29 is 8.78 Å². The molecule has 4 rings (SSSR count). The summed E-state index contributed by atoms with van der Waals surface area (Å²) in [5, 5.41) is 0.989. The van der Waals surface area contributed by atoms with E-state index in [1.54, 1.807) is 42.5 Å². The number of fused-ring (bicyclic) bond motifs is 1. The molecular formula is C21H14F2N2OS. The highest BCUT2D eigenvalue weighted by molar-refractivity contribution is 7.98. The Morgan fingerprint density at radius 3 is 2.19 bits per heavy atom. The summed E-state index contributed by atoms with van der Waals surface area (Å²) >= 11 is 1.37. The average molecular weight is 380 g/mol. The van der Waals surface area contributed by atoms with E-state index in [0.29, 0.717) is 27.5 Å². The van der Waals surface area contributed by atoms with Gasteiger partial charge in [0.2, 0.25) is 0 Å². The van der Waals surface area contributed by atoms with E-state index in [9.17, 15) is 13.6 Å². The van der Waals surface area contributed by atoms with Crippen molar-refractivity contribution in [2.75, 3.05) is 0 Å². The number of nitrogens with zero attached hydrogens (tertiary/aromatic N) is 2. The first kappa shape index (κ1) is 17.4. The zero-order valence-corrected chi connectivity index (χ0v) is 14.9. The van der Waals surface area contributed by atoms with Crippen LogP contribution < -0.4 is 5.56 Å². The van der Waals surface area contributed by atoms with Crippen LogP contribution in [0.15, 0.2) is 82.7 Å². The minimum atomic E-state index is -0.374. The van der Waals surface area contributed by atoms with Crippen LogP contribution in [-0.4, -0.2) is 9.55 Å². The second-order valence-corrected chi connectivity index (χ2v) is 6.89. The summed E-state index contributed by atoms with van der Waals surface area (Å²) < 4.78 is 27.9. The smallest absolute Gasteiger partial charge is 0.266 e. The topological polar surface area (TPSA) is 34.9 Å². The number of halogens is 2. The van der Waals surface area contributed by atoms with Gasteiger partial charge < -0.3 is 0 Å². The Balaban J connectivity index is 1.81. The summed E-state index contributed by atoms with van der Waals surface area (Å²) in [6.45, 7) is 0. The number of thioether (sulfide) groups is 1. The van der Waals surface area contributed by atoms with Crippen LogP contribution in [0.4, 0.5) is 8.78 Å². The number of benzene rings is 3. The van der Waals surface area contributed by atoms with Crippen molar-refractivity contribution in [3.05, 3.63) is 100 Å². The summed E-state index contributed by atoms with van der Waals surface area (Å²) in [7, 11) is 0. The molecule has 0 unspecified atom stereocenters. The SMILES string of the molecule is O=c1c2ccccc2nc(SCc2ccc(F)cc2)n1-c1ccc(F)cc1. The lowest BCUT2D eigenvalue weighted by molar-refractivity contribution is 0.626. The molecule has 27 heavy (non-hydrogen) atoms. The van der Waals surface area contributed by atoms with Crippen molar-refractivity contribution in [1.82, 2.24) is 9.55 Å². The molecule has 1 aromatic heterocycles. The minimum Gasteiger partial charge on any atom is -0.268 e. The van der Waals surface area contributed by atoms with Crippen molar-refractivity contribution >= 4 is 22.7 Å². The predicted octanol–water partition coefficient (Wildman–Crippen LogP) is 4.96. The minimum absolute atomic E-state index is 0.214. The third-order valence-corrected chi connectivity index (χ3v) is 5.12. The van der Waals surface area contributed by atoms with Crippen LogP contribution in [0.5, 0.6) is 0 Å². The summed E-state index contributed by atoms with van der Waals surface area (Å²) in [4.78, 5) is 17.7. The fourth-order valence-corrected chi connectivity index (χ4v) is 3.72. The zero-order chi connectivity index (χ0) is 18.8. The lowest BCUT2D eigenvalue weighted by Gasteiger charge is -2.13. The summed E-state index contributed by atoms with van der Waals surface area (Å²) in [6, 6.07) is 19.0. The quantitative estimate of drug-likeness (QED) is 0.371. The summed E-state index contributed by atoms with van der Waals surface area (Å²) in [6.07, 6.45) is 0. The van der Waals surface area contributed by atoms with E-state index in [1.165, 1.54) is 40.6 Å². The molecule has 0 spiro atoms. The van der Waals surface area contributed by atoms with Crippen molar-refractivity contribution in [3.8, 4) is 5.69 Å². The van der Waals surface area contributed by atoms with Crippen LogP contribution in [0.3, 0.4) is 0 Å². The number of hydrogen-bond donors (Lipinski definition) is 0. The normalized spacial score (nSPS) is 11.0. The Labute approximate surface area is 158 Å². The highest BCUT2D eigenvalue weighted by Crippen LogP contribution is 2.24. The predicted molar refractivity (Wildman–Crippen MR) is 103 cm³/mol. The van der Waals surface area contributed by atoms with E-state index in [2.05, 4.69) is 4.98 Å². The van der Waals surface area contributed by atoms with Crippen LogP contribution >= 0.6 is 11.8 Å². The molecular weight excluding hydrogens is 366 g/mol. The molecule has 1 heterocycles. The molecule has 3 nitrogen and oxygen atoms in total. The first-order valence-electron chi connectivity index (χ1n) is 8.27. The van der Waals surface area contributed by atoms with Gasteiger partial charge in [0.1, 0.15) is 11.6 Å². The maximum absolute atomic E-state index is 13.3. The van der Waals surface area contributed by atoms with Gasteiger partial charge in [0.25, 0.3) is 5.56 Å². The lowest BCUT2D eigenvalue weighted by Crippen LogP contribution is -2.21. The second-order valence-electron chi connectivity index (χ2n) is 5.94. The summed E-state index contributed by atoms with van der Waals surface area (Å²) in [5.74, 6) is -0.149. The van der Waals surface area contributed by atoms with E-state index in [-0.39, 0.29) is 17.2 Å². The molecule has 3 aromatic carbocycles. The van der Waals surface area contributed by atoms with E-state index in [1.807, 2.05) is 6.07 Å². The maximum Gasteiger partial charge on any atom is 0.266 e. The maximum atomic E-state index is 13.3. The van der Waals surface area contributed by atoms with Crippen molar-refractivity contribution in [2.24, 2.45) is 0 Å². The molecule has 0 aliphatic carbocycles. The number of para-hydroxylation sites is 1. The van der Waals surface area contributed by atoms with Crippen molar-refractivity contribution in [1.29, 1.82) is 0 Å². The largest absolute Gasteiger partial charge is 0.268 e. The van der Waals surface area contributed by atoms with Crippen LogP contribution in [0, 0.1) is 11.6 Å². The van der Waals surface area contributed by atoms with Crippen LogP contribution in [0.2, 0.25) is 0 Å². The highest BCUT2D eigenvalue weighted by atomic mass is 32.2. The molecule has 0 fully saturated rings. The molecule has 0 aliphatic rings. The third-order valence-electron chi connectivity index (χ3n) is 4.11.